The number of aromatic nitrogens is 3. The Kier molecular flexibility index (Phi) is 4.36. The molecule has 24 heavy (non-hydrogen) atoms. The van der Waals surface area contributed by atoms with Crippen molar-refractivity contribution in [3.05, 3.63) is 70.1 Å². The lowest BCUT2D eigenvalue weighted by Gasteiger charge is -2.10. The summed E-state index contributed by atoms with van der Waals surface area (Å²) in [7, 11) is 0. The second-order valence-electron chi connectivity index (χ2n) is 5.61. The molecule has 2 heterocycles. The minimum Gasteiger partial charge on any atom is -0.320 e. The summed E-state index contributed by atoms with van der Waals surface area (Å²) < 4.78 is 1.69. The molecule has 0 aliphatic carbocycles. The number of para-hydroxylation sites is 1. The van der Waals surface area contributed by atoms with E-state index in [4.69, 9.17) is 11.6 Å². The van der Waals surface area contributed by atoms with Crippen molar-refractivity contribution in [3.63, 3.8) is 0 Å². The highest BCUT2D eigenvalue weighted by atomic mass is 35.5. The second-order valence-corrected chi connectivity index (χ2v) is 6.02. The molecule has 0 aliphatic rings. The van der Waals surface area contributed by atoms with Gasteiger partial charge in [-0.3, -0.25) is 4.79 Å². The third-order valence-corrected chi connectivity index (χ3v) is 3.97. The van der Waals surface area contributed by atoms with Gasteiger partial charge >= 0.3 is 0 Å². The van der Waals surface area contributed by atoms with Crippen LogP contribution in [0.3, 0.4) is 0 Å². The summed E-state index contributed by atoms with van der Waals surface area (Å²) >= 11 is 6.18. The molecule has 3 rings (SSSR count). The number of pyridine rings is 1. The number of nitrogens with one attached hydrogen (secondary N) is 1. The number of amides is 1. The Labute approximate surface area is 145 Å². The minimum absolute atomic E-state index is 0.171. The van der Waals surface area contributed by atoms with E-state index in [0.717, 1.165) is 22.6 Å². The maximum Gasteiger partial charge on any atom is 0.275 e. The second kappa shape index (κ2) is 6.45. The molecule has 1 N–H and O–H groups in total. The predicted molar refractivity (Wildman–Crippen MR) is 95.0 cm³/mol. The van der Waals surface area contributed by atoms with Crippen molar-refractivity contribution in [3.8, 4) is 5.82 Å². The number of carbonyl (C=O) groups is 1. The van der Waals surface area contributed by atoms with Crippen LogP contribution in [0.4, 0.5) is 5.69 Å². The highest BCUT2D eigenvalue weighted by Gasteiger charge is 2.16. The van der Waals surface area contributed by atoms with Gasteiger partial charge in [0.2, 0.25) is 0 Å². The quantitative estimate of drug-likeness (QED) is 0.781. The fourth-order valence-electron chi connectivity index (χ4n) is 2.46. The fraction of sp³-hybridized carbons (Fsp3) is 0.167. The Hall–Kier alpha value is -2.66. The van der Waals surface area contributed by atoms with Crippen LogP contribution < -0.4 is 5.32 Å². The van der Waals surface area contributed by atoms with Gasteiger partial charge in [-0.2, -0.15) is 5.10 Å². The SMILES string of the molecule is Cc1cc(C)n(-c2ccc(Cl)c(C(=O)Nc3ccccc3C)n2)n1. The molecule has 0 atom stereocenters. The summed E-state index contributed by atoms with van der Waals surface area (Å²) in [5.74, 6) is 0.206. The van der Waals surface area contributed by atoms with Gasteiger partial charge in [0, 0.05) is 11.4 Å². The first-order valence-corrected chi connectivity index (χ1v) is 7.90. The molecule has 0 fully saturated rings. The zero-order valence-corrected chi connectivity index (χ0v) is 14.4. The molecule has 0 radical (unpaired) electrons. The lowest BCUT2D eigenvalue weighted by molar-refractivity contribution is 0.102. The predicted octanol–water partition coefficient (Wildman–Crippen LogP) is 4.10. The topological polar surface area (TPSA) is 59.8 Å². The lowest BCUT2D eigenvalue weighted by atomic mass is 10.2. The van der Waals surface area contributed by atoms with Crippen LogP contribution in [0.15, 0.2) is 42.5 Å². The number of aryl methyl sites for hydroxylation is 3. The Morgan fingerprint density at radius 2 is 1.88 bits per heavy atom. The van der Waals surface area contributed by atoms with E-state index in [-0.39, 0.29) is 11.6 Å². The van der Waals surface area contributed by atoms with Crippen molar-refractivity contribution in [2.24, 2.45) is 0 Å². The van der Waals surface area contributed by atoms with Gasteiger partial charge in [-0.05, 0) is 50.6 Å². The Bertz CT molecular complexity index is 917. The summed E-state index contributed by atoms with van der Waals surface area (Å²) in [4.78, 5) is 17.0. The standard InChI is InChI=1S/C18H17ClN4O/c1-11-6-4-5-7-15(11)20-18(24)17-14(19)8-9-16(21-17)23-13(3)10-12(2)22-23/h4-10H,1-3H3,(H,20,24). The molecular formula is C18H17ClN4O. The molecule has 3 aromatic rings. The summed E-state index contributed by atoms with van der Waals surface area (Å²) in [5, 5.41) is 7.54. The van der Waals surface area contributed by atoms with E-state index in [1.807, 2.05) is 51.1 Å². The zero-order valence-electron chi connectivity index (χ0n) is 13.7. The maximum atomic E-state index is 12.6. The number of hydrogen-bond donors (Lipinski definition) is 1. The molecular weight excluding hydrogens is 324 g/mol. The first-order chi connectivity index (χ1) is 11.5. The Morgan fingerprint density at radius 3 is 2.54 bits per heavy atom. The van der Waals surface area contributed by atoms with Crippen molar-refractivity contribution < 1.29 is 4.79 Å². The monoisotopic (exact) mass is 340 g/mol. The highest BCUT2D eigenvalue weighted by molar-refractivity contribution is 6.34. The number of rotatable bonds is 3. The van der Waals surface area contributed by atoms with Gasteiger partial charge < -0.3 is 5.32 Å². The number of anilines is 1. The third-order valence-electron chi connectivity index (χ3n) is 3.67. The van der Waals surface area contributed by atoms with Gasteiger partial charge in [0.1, 0.15) is 5.69 Å². The molecule has 2 aromatic heterocycles. The van der Waals surface area contributed by atoms with Crippen molar-refractivity contribution >= 4 is 23.2 Å². The number of benzene rings is 1. The minimum atomic E-state index is -0.349. The average molecular weight is 341 g/mol. The third kappa shape index (κ3) is 3.16. The molecule has 0 saturated heterocycles. The van der Waals surface area contributed by atoms with E-state index in [2.05, 4.69) is 15.4 Å². The Balaban J connectivity index is 1.96. The van der Waals surface area contributed by atoms with Crippen LogP contribution in [0.2, 0.25) is 5.02 Å². The van der Waals surface area contributed by atoms with Gasteiger partial charge in [0.25, 0.3) is 5.91 Å². The van der Waals surface area contributed by atoms with Crippen LogP contribution in [0.5, 0.6) is 0 Å². The van der Waals surface area contributed by atoms with Gasteiger partial charge in [-0.25, -0.2) is 9.67 Å². The van der Waals surface area contributed by atoms with Gasteiger partial charge in [0.15, 0.2) is 5.82 Å². The van der Waals surface area contributed by atoms with E-state index < -0.39 is 0 Å². The molecule has 0 bridgehead atoms. The smallest absolute Gasteiger partial charge is 0.275 e. The molecule has 0 unspecified atom stereocenters. The molecule has 1 amide bonds. The lowest BCUT2D eigenvalue weighted by Crippen LogP contribution is -2.16. The summed E-state index contributed by atoms with van der Waals surface area (Å²) in [6.45, 7) is 5.77. The highest BCUT2D eigenvalue weighted by Crippen LogP contribution is 2.20. The van der Waals surface area contributed by atoms with E-state index in [1.54, 1.807) is 16.8 Å². The van der Waals surface area contributed by atoms with E-state index in [1.165, 1.54) is 0 Å². The van der Waals surface area contributed by atoms with E-state index >= 15 is 0 Å². The van der Waals surface area contributed by atoms with Crippen molar-refractivity contribution in [1.29, 1.82) is 0 Å². The molecule has 5 nitrogen and oxygen atoms in total. The molecule has 122 valence electrons. The Morgan fingerprint density at radius 1 is 1.12 bits per heavy atom. The largest absolute Gasteiger partial charge is 0.320 e. The molecule has 0 aliphatic heterocycles. The molecule has 6 heteroatoms. The van der Waals surface area contributed by atoms with Crippen LogP contribution in [-0.2, 0) is 0 Å². The normalized spacial score (nSPS) is 10.7. The number of halogens is 1. The summed E-state index contributed by atoms with van der Waals surface area (Å²) in [6.07, 6.45) is 0. The summed E-state index contributed by atoms with van der Waals surface area (Å²) in [5.41, 5.74) is 3.70. The van der Waals surface area contributed by atoms with Gasteiger partial charge in [-0.15, -0.1) is 0 Å². The van der Waals surface area contributed by atoms with Crippen LogP contribution in [0.25, 0.3) is 5.82 Å². The van der Waals surface area contributed by atoms with Crippen LogP contribution in [0.1, 0.15) is 27.4 Å². The van der Waals surface area contributed by atoms with Crippen LogP contribution in [0, 0.1) is 20.8 Å². The first-order valence-electron chi connectivity index (χ1n) is 7.53. The van der Waals surface area contributed by atoms with Gasteiger partial charge in [-0.1, -0.05) is 29.8 Å². The first kappa shape index (κ1) is 16.2. The van der Waals surface area contributed by atoms with E-state index in [9.17, 15) is 4.79 Å². The molecule has 0 spiro atoms. The van der Waals surface area contributed by atoms with E-state index in [0.29, 0.717) is 10.8 Å². The fourth-order valence-corrected chi connectivity index (χ4v) is 2.66. The number of carbonyl (C=O) groups excluding carboxylic acids is 1. The van der Waals surface area contributed by atoms with Crippen LogP contribution in [-0.4, -0.2) is 20.7 Å². The average Bonchev–Trinajstić information content (AvgIpc) is 2.88. The molecule has 0 saturated carbocycles. The maximum absolute atomic E-state index is 12.6. The number of hydrogen-bond acceptors (Lipinski definition) is 3. The zero-order chi connectivity index (χ0) is 17.3. The van der Waals surface area contributed by atoms with Crippen molar-refractivity contribution in [2.75, 3.05) is 5.32 Å². The van der Waals surface area contributed by atoms with Crippen LogP contribution >= 0.6 is 11.6 Å². The summed E-state index contributed by atoms with van der Waals surface area (Å²) in [6, 6.07) is 12.9. The van der Waals surface area contributed by atoms with Crippen molar-refractivity contribution in [1.82, 2.24) is 14.8 Å². The van der Waals surface area contributed by atoms with Gasteiger partial charge in [0.05, 0.1) is 10.7 Å². The molecule has 1 aromatic carbocycles. The van der Waals surface area contributed by atoms with Crippen molar-refractivity contribution in [2.45, 2.75) is 20.8 Å². The number of nitrogens with zero attached hydrogens (tertiary/aromatic N) is 3.